The smallest absolute Gasteiger partial charge is 0.414 e. The van der Waals surface area contributed by atoms with E-state index >= 15 is 0 Å². The quantitative estimate of drug-likeness (QED) is 0.261. The third-order valence-electron chi connectivity index (χ3n) is 6.63. The first kappa shape index (κ1) is 31.9. The number of halogens is 5. The molecule has 0 unspecified atom stereocenters. The number of rotatable bonds is 6. The fraction of sp³-hybridized carbons (Fsp3) is 0.300. The van der Waals surface area contributed by atoms with Gasteiger partial charge < -0.3 is 15.4 Å². The van der Waals surface area contributed by atoms with E-state index in [0.29, 0.717) is 28.2 Å². The van der Waals surface area contributed by atoms with Gasteiger partial charge in [-0.1, -0.05) is 29.3 Å². The van der Waals surface area contributed by atoms with Gasteiger partial charge in [-0.3, -0.25) is 14.5 Å². The summed E-state index contributed by atoms with van der Waals surface area (Å²) >= 11 is 25.0. The van der Waals surface area contributed by atoms with Crippen LogP contribution < -0.4 is 15.5 Å². The van der Waals surface area contributed by atoms with Crippen molar-refractivity contribution in [3.8, 4) is 0 Å². The maximum atomic E-state index is 13.6. The second-order valence-corrected chi connectivity index (χ2v) is 13.2. The number of ether oxygens (including phenoxy) is 1. The van der Waals surface area contributed by atoms with E-state index in [4.69, 9.17) is 51.1 Å². The van der Waals surface area contributed by atoms with Gasteiger partial charge in [-0.25, -0.2) is 9.18 Å². The highest BCUT2D eigenvalue weighted by molar-refractivity contribution is 6.53. The average Bonchev–Trinajstić information content (AvgIpc) is 3.48. The summed E-state index contributed by atoms with van der Waals surface area (Å²) in [5, 5.41) is 5.60. The van der Waals surface area contributed by atoms with E-state index in [2.05, 4.69) is 10.6 Å². The van der Waals surface area contributed by atoms with Gasteiger partial charge in [-0.2, -0.15) is 0 Å². The summed E-state index contributed by atoms with van der Waals surface area (Å²) in [5.41, 5.74) is 2.07. The Morgan fingerprint density at radius 3 is 2.26 bits per heavy atom. The molecule has 3 amide bonds. The largest absolute Gasteiger partial charge is 0.443 e. The third kappa shape index (κ3) is 6.94. The molecule has 2 atom stereocenters. The molecule has 3 aromatic rings. The number of hydrogen-bond acceptors (Lipinski definition) is 4. The number of alkyl halides is 2. The van der Waals surface area contributed by atoms with E-state index in [1.54, 1.807) is 59.0 Å². The minimum absolute atomic E-state index is 0.101. The lowest BCUT2D eigenvalue weighted by Gasteiger charge is -2.25. The molecule has 0 heterocycles. The van der Waals surface area contributed by atoms with Gasteiger partial charge >= 0.3 is 6.09 Å². The number of hydrogen-bond donors (Lipinski definition) is 2. The van der Waals surface area contributed by atoms with Crippen LogP contribution in [0.3, 0.4) is 0 Å². The van der Waals surface area contributed by atoms with Crippen molar-refractivity contribution in [2.24, 2.45) is 5.92 Å². The predicted molar refractivity (Wildman–Crippen MR) is 166 cm³/mol. The topological polar surface area (TPSA) is 87.7 Å². The van der Waals surface area contributed by atoms with Crippen molar-refractivity contribution in [1.29, 1.82) is 0 Å². The Kier molecular flexibility index (Phi) is 9.05. The van der Waals surface area contributed by atoms with Crippen LogP contribution in [0.5, 0.6) is 0 Å². The molecule has 1 saturated carbocycles. The normalized spacial score (nSPS) is 17.3. The van der Waals surface area contributed by atoms with Gasteiger partial charge in [0.2, 0.25) is 5.91 Å². The molecular weight excluding hydrogens is 627 g/mol. The molecule has 42 heavy (non-hydrogen) atoms. The van der Waals surface area contributed by atoms with Gasteiger partial charge in [0, 0.05) is 30.0 Å². The zero-order valence-corrected chi connectivity index (χ0v) is 26.3. The van der Waals surface area contributed by atoms with E-state index in [1.165, 1.54) is 35.2 Å². The zero-order valence-electron chi connectivity index (χ0n) is 23.3. The molecule has 0 spiro atoms. The van der Waals surface area contributed by atoms with E-state index in [0.717, 1.165) is 0 Å². The van der Waals surface area contributed by atoms with Gasteiger partial charge in [-0.15, -0.1) is 23.2 Å². The van der Waals surface area contributed by atoms with Gasteiger partial charge in [0.1, 0.15) is 15.8 Å². The van der Waals surface area contributed by atoms with Crippen LogP contribution in [0.1, 0.15) is 48.2 Å². The van der Waals surface area contributed by atoms with Crippen molar-refractivity contribution in [3.63, 3.8) is 0 Å². The minimum atomic E-state index is -1.42. The van der Waals surface area contributed by atoms with E-state index in [9.17, 15) is 18.8 Å². The maximum absolute atomic E-state index is 13.6. The van der Waals surface area contributed by atoms with E-state index in [1.807, 2.05) is 0 Å². The van der Waals surface area contributed by atoms with Crippen molar-refractivity contribution >= 4 is 81.4 Å². The number of carbonyl (C=O) groups is 3. The Bertz CT molecular complexity index is 1570. The molecule has 0 radical (unpaired) electrons. The maximum Gasteiger partial charge on any atom is 0.414 e. The summed E-state index contributed by atoms with van der Waals surface area (Å²) in [6, 6.07) is 13.6. The average molecular weight is 655 g/mol. The second-order valence-electron chi connectivity index (χ2n) is 11.0. The lowest BCUT2D eigenvalue weighted by Crippen LogP contribution is -2.34. The minimum Gasteiger partial charge on any atom is -0.443 e. The van der Waals surface area contributed by atoms with E-state index < -0.39 is 45.5 Å². The zero-order chi connectivity index (χ0) is 31.1. The molecule has 0 bridgehead atoms. The molecule has 1 aliphatic rings. The number of amides is 3. The summed E-state index contributed by atoms with van der Waals surface area (Å²) in [5.74, 6) is -3.03. The fourth-order valence-electron chi connectivity index (χ4n) is 4.39. The third-order valence-corrected chi connectivity index (χ3v) is 8.19. The van der Waals surface area contributed by atoms with Gasteiger partial charge in [-0.05, 0) is 87.4 Å². The number of aryl methyl sites for hydroxylation is 1. The summed E-state index contributed by atoms with van der Waals surface area (Å²) in [6.45, 7) is 7.13. The standard InChI is InChI=1S/C30H28Cl4FN3O4/c1-15-12-18(38(5)28(41)42-29(2,3)4)8-11-23(15)37-26(39)19-14-17(7-9-20(19)31)36-27(40)25-24(30(25,33)34)16-6-10-22(35)21(32)13-16/h6-14,24-25H,1-5H3,(H,36,40)(H,37,39)/t24-,25+/m1/s1. The highest BCUT2D eigenvalue weighted by Gasteiger charge is 2.67. The van der Waals surface area contributed by atoms with Crippen LogP contribution in [-0.4, -0.2) is 34.9 Å². The Labute approximate surface area is 263 Å². The summed E-state index contributed by atoms with van der Waals surface area (Å²) in [7, 11) is 1.60. The molecule has 12 heteroatoms. The lowest BCUT2D eigenvalue weighted by molar-refractivity contribution is -0.117. The van der Waals surface area contributed by atoms with Gasteiger partial charge in [0.25, 0.3) is 5.91 Å². The fourth-order valence-corrected chi connectivity index (χ4v) is 5.61. The number of benzene rings is 3. The van der Waals surface area contributed by atoms with E-state index in [-0.39, 0.29) is 15.6 Å². The molecular formula is C30H28Cl4FN3O4. The molecule has 7 nitrogen and oxygen atoms in total. The van der Waals surface area contributed by atoms with Crippen molar-refractivity contribution < 1.29 is 23.5 Å². The van der Waals surface area contributed by atoms with Crippen molar-refractivity contribution in [3.05, 3.63) is 87.2 Å². The van der Waals surface area contributed by atoms with Crippen LogP contribution in [0.4, 0.5) is 26.2 Å². The van der Waals surface area contributed by atoms with Crippen molar-refractivity contribution in [2.45, 2.75) is 43.5 Å². The van der Waals surface area contributed by atoms with Crippen LogP contribution in [0.25, 0.3) is 0 Å². The van der Waals surface area contributed by atoms with Crippen molar-refractivity contribution in [1.82, 2.24) is 0 Å². The molecule has 3 aromatic carbocycles. The molecule has 1 aliphatic carbocycles. The van der Waals surface area contributed by atoms with Crippen LogP contribution >= 0.6 is 46.4 Å². The van der Waals surface area contributed by atoms with Crippen LogP contribution in [0.2, 0.25) is 10.0 Å². The Balaban J connectivity index is 1.46. The Morgan fingerprint density at radius 1 is 0.952 bits per heavy atom. The van der Waals surface area contributed by atoms with Crippen molar-refractivity contribution in [2.75, 3.05) is 22.6 Å². The molecule has 1 fully saturated rings. The Morgan fingerprint density at radius 2 is 1.64 bits per heavy atom. The van der Waals surface area contributed by atoms with Gasteiger partial charge in [0.05, 0.1) is 21.5 Å². The van der Waals surface area contributed by atoms with Crippen LogP contribution in [0.15, 0.2) is 54.6 Å². The molecule has 0 aliphatic heterocycles. The molecule has 2 N–H and O–H groups in total. The monoisotopic (exact) mass is 653 g/mol. The van der Waals surface area contributed by atoms with Gasteiger partial charge in [0.15, 0.2) is 0 Å². The summed E-state index contributed by atoms with van der Waals surface area (Å²) in [4.78, 5) is 40.0. The predicted octanol–water partition coefficient (Wildman–Crippen LogP) is 8.59. The molecule has 222 valence electrons. The number of nitrogens with zero attached hydrogens (tertiary/aromatic N) is 1. The SMILES string of the molecule is Cc1cc(N(C)C(=O)OC(C)(C)C)ccc1NC(=O)c1cc(NC(=O)[C@@H]2[C@@H](c3ccc(F)c(Cl)c3)C2(Cl)Cl)ccc1Cl. The number of nitrogens with one attached hydrogen (secondary N) is 2. The van der Waals surface area contributed by atoms with Crippen LogP contribution in [0, 0.1) is 18.7 Å². The molecule has 0 saturated heterocycles. The number of carbonyl (C=O) groups excluding carboxylic acids is 3. The Hall–Kier alpha value is -3.04. The second kappa shape index (κ2) is 11.9. The first-order chi connectivity index (χ1) is 19.5. The van der Waals surface area contributed by atoms with Crippen LogP contribution in [-0.2, 0) is 9.53 Å². The first-order valence-corrected chi connectivity index (χ1v) is 14.3. The molecule has 0 aromatic heterocycles. The number of anilines is 3. The highest BCUT2D eigenvalue weighted by Crippen LogP contribution is 2.65. The first-order valence-electron chi connectivity index (χ1n) is 12.8. The summed E-state index contributed by atoms with van der Waals surface area (Å²) in [6.07, 6.45) is -0.510. The highest BCUT2D eigenvalue weighted by atomic mass is 35.5. The molecule has 4 rings (SSSR count). The summed E-state index contributed by atoms with van der Waals surface area (Å²) < 4.78 is 17.6. The lowest BCUT2D eigenvalue weighted by atomic mass is 10.1.